The summed E-state index contributed by atoms with van der Waals surface area (Å²) in [6, 6.07) is 20.9. The third kappa shape index (κ3) is 3.00. The topological polar surface area (TPSA) is 24.7 Å². The highest BCUT2D eigenvalue weighted by atomic mass is 15.1. The summed E-state index contributed by atoms with van der Waals surface area (Å²) >= 11 is 0. The van der Waals surface area contributed by atoms with Crippen LogP contribution < -0.4 is 0 Å². The van der Waals surface area contributed by atoms with Crippen LogP contribution in [-0.4, -0.2) is 13.6 Å². The molecule has 0 aliphatic carbocycles. The van der Waals surface area contributed by atoms with Crippen molar-refractivity contribution in [1.82, 2.24) is 0 Å². The van der Waals surface area contributed by atoms with Gasteiger partial charge in [0.1, 0.15) is 0 Å². The van der Waals surface area contributed by atoms with E-state index in [1.165, 1.54) is 11.1 Å². The fourth-order valence-electron chi connectivity index (χ4n) is 1.94. The van der Waals surface area contributed by atoms with E-state index in [2.05, 4.69) is 58.8 Å². The molecule has 0 heterocycles. The maximum atomic E-state index is 4.15. The molecule has 2 nitrogen and oxygen atoms in total. The van der Waals surface area contributed by atoms with Gasteiger partial charge >= 0.3 is 0 Å². The quantitative estimate of drug-likeness (QED) is 0.704. The first-order valence-electron chi connectivity index (χ1n) is 5.77. The molecular formula is C15H16N2. The van der Waals surface area contributed by atoms with Crippen molar-refractivity contribution in [2.75, 3.05) is 13.6 Å². The first-order valence-corrected chi connectivity index (χ1v) is 5.77. The molecule has 0 saturated heterocycles. The number of rotatable bonds is 4. The first kappa shape index (κ1) is 11.5. The summed E-state index contributed by atoms with van der Waals surface area (Å²) in [7, 11) is 1.72. The third-order valence-electron chi connectivity index (χ3n) is 2.81. The Morgan fingerprint density at radius 3 is 1.71 bits per heavy atom. The van der Waals surface area contributed by atoms with Crippen LogP contribution in [0.3, 0.4) is 0 Å². The van der Waals surface area contributed by atoms with Crippen LogP contribution in [0.4, 0.5) is 0 Å². The predicted molar refractivity (Wildman–Crippen MR) is 70.4 cm³/mol. The Labute approximate surface area is 102 Å². The molecule has 2 aromatic rings. The Balaban J connectivity index is 2.32. The highest BCUT2D eigenvalue weighted by Crippen LogP contribution is 2.24. The van der Waals surface area contributed by atoms with E-state index < -0.39 is 0 Å². The maximum Gasteiger partial charge on any atom is 0.0708 e. The number of hydrogen-bond donors (Lipinski definition) is 0. The minimum absolute atomic E-state index is 0.293. The van der Waals surface area contributed by atoms with Gasteiger partial charge in [-0.1, -0.05) is 60.7 Å². The smallest absolute Gasteiger partial charge is 0.0708 e. The van der Waals surface area contributed by atoms with Crippen molar-refractivity contribution in [3.63, 3.8) is 0 Å². The SMILES string of the molecule is CN=NCC(c1ccccc1)c1ccccc1. The summed E-state index contributed by atoms with van der Waals surface area (Å²) in [5, 5.41) is 8.00. The lowest BCUT2D eigenvalue weighted by Crippen LogP contribution is -2.04. The number of benzene rings is 2. The van der Waals surface area contributed by atoms with E-state index >= 15 is 0 Å². The van der Waals surface area contributed by atoms with Gasteiger partial charge in [0.05, 0.1) is 6.54 Å². The van der Waals surface area contributed by atoms with Crippen molar-refractivity contribution in [1.29, 1.82) is 0 Å². The average molecular weight is 224 g/mol. The minimum atomic E-state index is 0.293. The molecule has 86 valence electrons. The Morgan fingerprint density at radius 1 is 0.824 bits per heavy atom. The molecule has 0 fully saturated rings. The number of azo groups is 1. The van der Waals surface area contributed by atoms with E-state index in [9.17, 15) is 0 Å². The van der Waals surface area contributed by atoms with Crippen LogP contribution in [0.1, 0.15) is 17.0 Å². The van der Waals surface area contributed by atoms with Crippen molar-refractivity contribution in [3.05, 3.63) is 71.8 Å². The molecule has 0 bridgehead atoms. The monoisotopic (exact) mass is 224 g/mol. The van der Waals surface area contributed by atoms with Gasteiger partial charge in [-0.2, -0.15) is 10.2 Å². The molecule has 0 saturated carbocycles. The van der Waals surface area contributed by atoms with Gasteiger partial charge in [-0.25, -0.2) is 0 Å². The summed E-state index contributed by atoms with van der Waals surface area (Å²) < 4.78 is 0. The van der Waals surface area contributed by atoms with Crippen molar-refractivity contribution in [2.45, 2.75) is 5.92 Å². The molecular weight excluding hydrogens is 208 g/mol. The fraction of sp³-hybridized carbons (Fsp3) is 0.200. The van der Waals surface area contributed by atoms with Gasteiger partial charge in [0.2, 0.25) is 0 Å². The Bertz CT molecular complexity index is 423. The third-order valence-corrected chi connectivity index (χ3v) is 2.81. The molecule has 0 aromatic heterocycles. The largest absolute Gasteiger partial charge is 0.198 e. The Morgan fingerprint density at radius 2 is 1.29 bits per heavy atom. The van der Waals surface area contributed by atoms with Gasteiger partial charge < -0.3 is 0 Å². The van der Waals surface area contributed by atoms with Crippen LogP contribution in [0.25, 0.3) is 0 Å². The molecule has 0 N–H and O–H groups in total. The second kappa shape index (κ2) is 5.94. The van der Waals surface area contributed by atoms with Crippen LogP contribution in [0.2, 0.25) is 0 Å². The van der Waals surface area contributed by atoms with E-state index in [1.807, 2.05) is 12.1 Å². The number of hydrogen-bond acceptors (Lipinski definition) is 2. The molecule has 17 heavy (non-hydrogen) atoms. The summed E-state index contributed by atoms with van der Waals surface area (Å²) in [4.78, 5) is 0. The predicted octanol–water partition coefficient (Wildman–Crippen LogP) is 3.90. The Hall–Kier alpha value is -1.96. The molecule has 2 aromatic carbocycles. The molecule has 0 aliphatic rings. The highest BCUT2D eigenvalue weighted by molar-refractivity contribution is 5.32. The molecule has 2 rings (SSSR count). The summed E-state index contributed by atoms with van der Waals surface area (Å²) in [6.45, 7) is 0.699. The first-order chi connectivity index (χ1) is 8.42. The van der Waals surface area contributed by atoms with Crippen LogP contribution in [0.15, 0.2) is 70.9 Å². The van der Waals surface area contributed by atoms with Gasteiger partial charge in [0, 0.05) is 13.0 Å². The highest BCUT2D eigenvalue weighted by Gasteiger charge is 2.12. The standard InChI is InChI=1S/C15H16N2/c1-16-17-12-15(13-8-4-2-5-9-13)14-10-6-3-7-11-14/h2-11,15H,12H2,1H3. The van der Waals surface area contributed by atoms with E-state index in [4.69, 9.17) is 0 Å². The molecule has 2 heteroatoms. The summed E-state index contributed by atoms with van der Waals surface area (Å²) in [6.07, 6.45) is 0. The van der Waals surface area contributed by atoms with E-state index in [-0.39, 0.29) is 0 Å². The lowest BCUT2D eigenvalue weighted by molar-refractivity contribution is 0.779. The Kier molecular flexibility index (Phi) is 4.03. The maximum absolute atomic E-state index is 4.15. The van der Waals surface area contributed by atoms with Gasteiger partial charge in [0.15, 0.2) is 0 Å². The zero-order chi connectivity index (χ0) is 11.9. The van der Waals surface area contributed by atoms with Gasteiger partial charge in [-0.15, -0.1) is 0 Å². The summed E-state index contributed by atoms with van der Waals surface area (Å²) in [5.41, 5.74) is 2.57. The molecule has 0 radical (unpaired) electrons. The van der Waals surface area contributed by atoms with Crippen molar-refractivity contribution in [3.8, 4) is 0 Å². The molecule has 0 spiro atoms. The van der Waals surface area contributed by atoms with Crippen LogP contribution >= 0.6 is 0 Å². The van der Waals surface area contributed by atoms with Crippen molar-refractivity contribution >= 4 is 0 Å². The second-order valence-corrected chi connectivity index (χ2v) is 3.90. The van der Waals surface area contributed by atoms with Gasteiger partial charge in [-0.05, 0) is 11.1 Å². The van der Waals surface area contributed by atoms with E-state index in [0.29, 0.717) is 12.5 Å². The van der Waals surface area contributed by atoms with E-state index in [1.54, 1.807) is 7.05 Å². The lowest BCUT2D eigenvalue weighted by Gasteiger charge is -2.15. The molecule has 0 unspecified atom stereocenters. The van der Waals surface area contributed by atoms with Gasteiger partial charge in [-0.3, -0.25) is 0 Å². The zero-order valence-electron chi connectivity index (χ0n) is 9.95. The zero-order valence-corrected chi connectivity index (χ0v) is 9.95. The molecule has 0 amide bonds. The normalized spacial score (nSPS) is 11.2. The van der Waals surface area contributed by atoms with Crippen molar-refractivity contribution in [2.24, 2.45) is 10.2 Å². The average Bonchev–Trinajstić information content (AvgIpc) is 2.42. The molecule has 0 aliphatic heterocycles. The summed E-state index contributed by atoms with van der Waals surface area (Å²) in [5.74, 6) is 0.293. The van der Waals surface area contributed by atoms with Crippen molar-refractivity contribution < 1.29 is 0 Å². The van der Waals surface area contributed by atoms with Crippen LogP contribution in [0.5, 0.6) is 0 Å². The molecule has 0 atom stereocenters. The second-order valence-electron chi connectivity index (χ2n) is 3.90. The van der Waals surface area contributed by atoms with Crippen LogP contribution in [-0.2, 0) is 0 Å². The lowest BCUT2D eigenvalue weighted by atomic mass is 9.91. The fourth-order valence-corrected chi connectivity index (χ4v) is 1.94. The van der Waals surface area contributed by atoms with E-state index in [0.717, 1.165) is 0 Å². The van der Waals surface area contributed by atoms with Crippen LogP contribution in [0, 0.1) is 0 Å². The minimum Gasteiger partial charge on any atom is -0.198 e. The number of nitrogens with zero attached hydrogens (tertiary/aromatic N) is 2. The van der Waals surface area contributed by atoms with Gasteiger partial charge in [0.25, 0.3) is 0 Å².